The van der Waals surface area contributed by atoms with Crippen molar-refractivity contribution in [3.05, 3.63) is 53.6 Å². The van der Waals surface area contributed by atoms with Crippen molar-refractivity contribution in [3.63, 3.8) is 0 Å². The number of hydrogen-bond donors (Lipinski definition) is 1. The molecule has 9 heteroatoms. The summed E-state index contributed by atoms with van der Waals surface area (Å²) in [5.74, 6) is 0.0892. The second-order valence-corrected chi connectivity index (χ2v) is 9.03. The number of hydrogen-bond acceptors (Lipinski definition) is 5. The highest BCUT2D eigenvalue weighted by Crippen LogP contribution is 2.21. The van der Waals surface area contributed by atoms with Crippen molar-refractivity contribution in [2.75, 3.05) is 44.6 Å². The van der Waals surface area contributed by atoms with E-state index in [1.54, 1.807) is 42.5 Å². The minimum Gasteiger partial charge on any atom is -0.484 e. The number of carbonyl (C=O) groups is 1. The smallest absolute Gasteiger partial charge is 0.262 e. The van der Waals surface area contributed by atoms with E-state index in [4.69, 9.17) is 16.3 Å². The fourth-order valence-corrected chi connectivity index (χ4v) is 4.72. The topological polar surface area (TPSA) is 79.0 Å². The van der Waals surface area contributed by atoms with Gasteiger partial charge in [0.25, 0.3) is 5.91 Å². The SMILES string of the molecule is CCN1CCN(S(=O)(=O)c2cccc(NC(=O)COc3cccc(Cl)c3)c2)CC1. The maximum Gasteiger partial charge on any atom is 0.262 e. The quantitative estimate of drug-likeness (QED) is 0.720. The maximum absolute atomic E-state index is 12.9. The monoisotopic (exact) mass is 437 g/mol. The van der Waals surface area contributed by atoms with Gasteiger partial charge in [-0.05, 0) is 42.9 Å². The van der Waals surface area contributed by atoms with Crippen LogP contribution in [-0.2, 0) is 14.8 Å². The first-order chi connectivity index (χ1) is 13.9. The molecule has 7 nitrogen and oxygen atoms in total. The molecule has 0 aliphatic carbocycles. The van der Waals surface area contributed by atoms with Crippen LogP contribution in [0.2, 0.25) is 5.02 Å². The van der Waals surface area contributed by atoms with Crippen LogP contribution in [0.5, 0.6) is 5.75 Å². The van der Waals surface area contributed by atoms with E-state index < -0.39 is 15.9 Å². The van der Waals surface area contributed by atoms with Crippen molar-refractivity contribution in [2.45, 2.75) is 11.8 Å². The maximum atomic E-state index is 12.9. The Morgan fingerprint density at radius 3 is 2.52 bits per heavy atom. The van der Waals surface area contributed by atoms with Crippen LogP contribution in [-0.4, -0.2) is 62.9 Å². The molecular formula is C20H24ClN3O4S. The van der Waals surface area contributed by atoms with Gasteiger partial charge in [0.1, 0.15) is 5.75 Å². The Labute approximate surface area is 176 Å². The molecule has 0 aromatic heterocycles. The van der Waals surface area contributed by atoms with E-state index in [0.717, 1.165) is 6.54 Å². The summed E-state index contributed by atoms with van der Waals surface area (Å²) in [6.07, 6.45) is 0. The second kappa shape index (κ2) is 9.58. The molecule has 0 saturated carbocycles. The number of likely N-dealkylation sites (N-methyl/N-ethyl adjacent to an activating group) is 1. The molecule has 1 fully saturated rings. The lowest BCUT2D eigenvalue weighted by atomic mass is 10.3. The Hall–Kier alpha value is -2.13. The van der Waals surface area contributed by atoms with Gasteiger partial charge in [-0.3, -0.25) is 4.79 Å². The van der Waals surface area contributed by atoms with Gasteiger partial charge in [-0.15, -0.1) is 0 Å². The normalized spacial score (nSPS) is 15.8. The number of rotatable bonds is 7. The molecule has 2 aromatic carbocycles. The lowest BCUT2D eigenvalue weighted by Crippen LogP contribution is -2.48. The highest BCUT2D eigenvalue weighted by atomic mass is 35.5. The van der Waals surface area contributed by atoms with Crippen molar-refractivity contribution >= 4 is 33.2 Å². The molecule has 3 rings (SSSR count). The van der Waals surface area contributed by atoms with Crippen molar-refractivity contribution in [2.24, 2.45) is 0 Å². The Morgan fingerprint density at radius 2 is 1.83 bits per heavy atom. The van der Waals surface area contributed by atoms with Crippen LogP contribution in [0.3, 0.4) is 0 Å². The minimum atomic E-state index is -3.60. The van der Waals surface area contributed by atoms with E-state index in [0.29, 0.717) is 42.6 Å². The first-order valence-corrected chi connectivity index (χ1v) is 11.2. The van der Waals surface area contributed by atoms with Gasteiger partial charge >= 0.3 is 0 Å². The van der Waals surface area contributed by atoms with Crippen LogP contribution >= 0.6 is 11.6 Å². The summed E-state index contributed by atoms with van der Waals surface area (Å²) in [4.78, 5) is 14.5. The molecule has 1 amide bonds. The standard InChI is InChI=1S/C20H24ClN3O4S/c1-2-23-9-11-24(12-10-23)29(26,27)19-8-4-6-17(14-19)22-20(25)15-28-18-7-3-5-16(21)13-18/h3-8,13-14H,2,9-12,15H2,1H3,(H,22,25). The zero-order valence-electron chi connectivity index (χ0n) is 16.2. The molecule has 1 saturated heterocycles. The van der Waals surface area contributed by atoms with Gasteiger partial charge in [-0.2, -0.15) is 4.31 Å². The van der Waals surface area contributed by atoms with Gasteiger partial charge in [0.05, 0.1) is 4.90 Å². The summed E-state index contributed by atoms with van der Waals surface area (Å²) < 4.78 is 32.7. The first kappa shape index (κ1) is 21.6. The highest BCUT2D eigenvalue weighted by molar-refractivity contribution is 7.89. The Kier molecular flexibility index (Phi) is 7.13. The predicted molar refractivity (Wildman–Crippen MR) is 113 cm³/mol. The van der Waals surface area contributed by atoms with Crippen molar-refractivity contribution in [1.82, 2.24) is 9.21 Å². The molecular weight excluding hydrogens is 414 g/mol. The number of nitrogens with zero attached hydrogens (tertiary/aromatic N) is 2. The molecule has 0 radical (unpaired) electrons. The van der Waals surface area contributed by atoms with E-state index in [1.165, 1.54) is 10.4 Å². The third-order valence-electron chi connectivity index (χ3n) is 4.70. The summed E-state index contributed by atoms with van der Waals surface area (Å²) >= 11 is 5.89. The number of sulfonamides is 1. The summed E-state index contributed by atoms with van der Waals surface area (Å²) in [5, 5.41) is 3.18. The number of benzene rings is 2. The Bertz CT molecular complexity index is 960. The van der Waals surface area contributed by atoms with Gasteiger partial charge in [0, 0.05) is 36.9 Å². The number of piperazine rings is 1. The average Bonchev–Trinajstić information content (AvgIpc) is 2.72. The molecule has 0 spiro atoms. The van der Waals surface area contributed by atoms with E-state index in [-0.39, 0.29) is 11.5 Å². The van der Waals surface area contributed by atoms with E-state index in [2.05, 4.69) is 17.1 Å². The number of nitrogens with one attached hydrogen (secondary N) is 1. The fraction of sp³-hybridized carbons (Fsp3) is 0.350. The lowest BCUT2D eigenvalue weighted by molar-refractivity contribution is -0.118. The van der Waals surface area contributed by atoms with Crippen molar-refractivity contribution in [3.8, 4) is 5.75 Å². The summed E-state index contributed by atoms with van der Waals surface area (Å²) in [5.41, 5.74) is 0.401. The first-order valence-electron chi connectivity index (χ1n) is 9.39. The second-order valence-electron chi connectivity index (χ2n) is 6.66. The zero-order chi connectivity index (χ0) is 20.9. The van der Waals surface area contributed by atoms with Crippen LogP contribution in [0.1, 0.15) is 6.92 Å². The van der Waals surface area contributed by atoms with Gasteiger partial charge in [-0.25, -0.2) is 8.42 Å². The largest absolute Gasteiger partial charge is 0.484 e. The molecule has 1 aliphatic heterocycles. The van der Waals surface area contributed by atoms with E-state index in [9.17, 15) is 13.2 Å². The van der Waals surface area contributed by atoms with Crippen LogP contribution in [0.25, 0.3) is 0 Å². The molecule has 1 heterocycles. The number of ether oxygens (including phenoxy) is 1. The molecule has 156 valence electrons. The molecule has 1 N–H and O–H groups in total. The molecule has 0 bridgehead atoms. The van der Waals surface area contributed by atoms with E-state index >= 15 is 0 Å². The van der Waals surface area contributed by atoms with E-state index in [1.807, 2.05) is 0 Å². The predicted octanol–water partition coefficient (Wildman–Crippen LogP) is 2.68. The van der Waals surface area contributed by atoms with Crippen molar-refractivity contribution < 1.29 is 17.9 Å². The van der Waals surface area contributed by atoms with Crippen LogP contribution < -0.4 is 10.1 Å². The number of carbonyl (C=O) groups excluding carboxylic acids is 1. The highest BCUT2D eigenvalue weighted by Gasteiger charge is 2.28. The average molecular weight is 438 g/mol. The van der Waals surface area contributed by atoms with Crippen LogP contribution in [0.15, 0.2) is 53.4 Å². The summed E-state index contributed by atoms with van der Waals surface area (Å²) in [7, 11) is -3.60. The number of amides is 1. The zero-order valence-corrected chi connectivity index (χ0v) is 17.7. The van der Waals surface area contributed by atoms with Gasteiger partial charge in [0.15, 0.2) is 6.61 Å². The third-order valence-corrected chi connectivity index (χ3v) is 6.83. The van der Waals surface area contributed by atoms with Gasteiger partial charge in [-0.1, -0.05) is 30.7 Å². The molecule has 29 heavy (non-hydrogen) atoms. The van der Waals surface area contributed by atoms with Crippen LogP contribution in [0, 0.1) is 0 Å². The Balaban J connectivity index is 1.62. The lowest BCUT2D eigenvalue weighted by Gasteiger charge is -2.33. The summed E-state index contributed by atoms with van der Waals surface area (Å²) in [6.45, 7) is 5.11. The molecule has 1 aliphatic rings. The molecule has 2 aromatic rings. The molecule has 0 atom stereocenters. The van der Waals surface area contributed by atoms with Gasteiger partial charge < -0.3 is 15.0 Å². The Morgan fingerprint density at radius 1 is 1.10 bits per heavy atom. The van der Waals surface area contributed by atoms with Crippen molar-refractivity contribution in [1.29, 1.82) is 0 Å². The summed E-state index contributed by atoms with van der Waals surface area (Å²) in [6, 6.07) is 13.0. The third kappa shape index (κ3) is 5.70. The minimum absolute atomic E-state index is 0.163. The fourth-order valence-electron chi connectivity index (χ4n) is 3.07. The van der Waals surface area contributed by atoms with Crippen LogP contribution in [0.4, 0.5) is 5.69 Å². The number of anilines is 1. The van der Waals surface area contributed by atoms with Gasteiger partial charge in [0.2, 0.25) is 10.0 Å². The molecule has 0 unspecified atom stereocenters. The number of halogens is 1.